The van der Waals surface area contributed by atoms with E-state index in [0.717, 1.165) is 5.56 Å². The fourth-order valence-electron chi connectivity index (χ4n) is 4.04. The van der Waals surface area contributed by atoms with Gasteiger partial charge in [-0.3, -0.25) is 29.4 Å². The largest absolute Gasteiger partial charge is 0.338 e. The molecule has 0 bridgehead atoms. The van der Waals surface area contributed by atoms with Crippen molar-refractivity contribution in [1.29, 1.82) is 0 Å². The number of hydroxylamine groups is 1. The molecule has 1 aromatic carbocycles. The van der Waals surface area contributed by atoms with Crippen molar-refractivity contribution < 1.29 is 19.6 Å². The van der Waals surface area contributed by atoms with E-state index >= 15 is 0 Å². The van der Waals surface area contributed by atoms with Crippen molar-refractivity contribution >= 4 is 29.7 Å². The van der Waals surface area contributed by atoms with E-state index in [-0.39, 0.29) is 36.3 Å². The van der Waals surface area contributed by atoms with Crippen LogP contribution in [0.25, 0.3) is 6.08 Å². The lowest BCUT2D eigenvalue weighted by atomic mass is 10.1. The molecular formula is C23H26N6O4. The third kappa shape index (κ3) is 5.41. The molecule has 33 heavy (non-hydrogen) atoms. The van der Waals surface area contributed by atoms with E-state index in [4.69, 9.17) is 5.21 Å². The summed E-state index contributed by atoms with van der Waals surface area (Å²) in [4.78, 5) is 50.3. The standard InChI is InChI=1S/C23H26N6O4/c30-20-8-9-21(31)29(20)19(7-6-17-4-2-1-3-5-17)16-27-10-12-28(13-11-27)23-24-14-18(15-25-23)22(32)26-33/h1-7,14-15,19,33H,8-13,16H2,(H,26,32)/b7-6+. The number of likely N-dealkylation sites (tertiary alicyclic amines) is 1. The zero-order chi connectivity index (χ0) is 23.2. The molecule has 2 aliphatic heterocycles. The van der Waals surface area contributed by atoms with E-state index in [9.17, 15) is 14.4 Å². The number of benzene rings is 1. The van der Waals surface area contributed by atoms with Gasteiger partial charge in [0.15, 0.2) is 0 Å². The van der Waals surface area contributed by atoms with Gasteiger partial charge in [0, 0.05) is 58.0 Å². The van der Waals surface area contributed by atoms with Gasteiger partial charge in [-0.15, -0.1) is 0 Å². The van der Waals surface area contributed by atoms with Crippen LogP contribution in [0, 0.1) is 0 Å². The van der Waals surface area contributed by atoms with E-state index in [0.29, 0.717) is 38.7 Å². The van der Waals surface area contributed by atoms with Crippen LogP contribution in [0.15, 0.2) is 48.8 Å². The van der Waals surface area contributed by atoms with Gasteiger partial charge >= 0.3 is 0 Å². The Morgan fingerprint density at radius 3 is 2.27 bits per heavy atom. The molecule has 10 nitrogen and oxygen atoms in total. The molecule has 1 atom stereocenters. The van der Waals surface area contributed by atoms with Gasteiger partial charge in [0.2, 0.25) is 17.8 Å². The first kappa shape index (κ1) is 22.6. The molecule has 0 saturated carbocycles. The lowest BCUT2D eigenvalue weighted by molar-refractivity contribution is -0.140. The highest BCUT2D eigenvalue weighted by Gasteiger charge is 2.35. The van der Waals surface area contributed by atoms with Crippen LogP contribution in [0.1, 0.15) is 28.8 Å². The number of hydrogen-bond donors (Lipinski definition) is 2. The highest BCUT2D eigenvalue weighted by molar-refractivity contribution is 6.02. The Morgan fingerprint density at radius 2 is 1.67 bits per heavy atom. The second-order valence-electron chi connectivity index (χ2n) is 7.99. The summed E-state index contributed by atoms with van der Waals surface area (Å²) in [6, 6.07) is 9.48. The lowest BCUT2D eigenvalue weighted by Gasteiger charge is -2.37. The molecule has 3 heterocycles. The summed E-state index contributed by atoms with van der Waals surface area (Å²) in [5.74, 6) is -0.398. The number of piperazine rings is 1. The normalized spacial score (nSPS) is 18.2. The number of aromatic nitrogens is 2. The zero-order valence-corrected chi connectivity index (χ0v) is 18.1. The molecule has 172 valence electrons. The average molecular weight is 450 g/mol. The highest BCUT2D eigenvalue weighted by Crippen LogP contribution is 2.19. The topological polar surface area (TPSA) is 119 Å². The third-order valence-corrected chi connectivity index (χ3v) is 5.83. The maximum absolute atomic E-state index is 12.4. The molecule has 0 radical (unpaired) electrons. The predicted molar refractivity (Wildman–Crippen MR) is 120 cm³/mol. The quantitative estimate of drug-likeness (QED) is 0.364. The summed E-state index contributed by atoms with van der Waals surface area (Å²) in [5.41, 5.74) is 2.75. The number of carbonyl (C=O) groups is 3. The van der Waals surface area contributed by atoms with E-state index in [1.54, 1.807) is 5.48 Å². The van der Waals surface area contributed by atoms with Gasteiger partial charge in [0.25, 0.3) is 5.91 Å². The maximum Gasteiger partial charge on any atom is 0.277 e. The molecule has 1 aromatic heterocycles. The van der Waals surface area contributed by atoms with E-state index in [1.807, 2.05) is 47.4 Å². The Balaban J connectivity index is 1.40. The molecule has 4 rings (SSSR count). The number of rotatable bonds is 7. The maximum atomic E-state index is 12.4. The van der Waals surface area contributed by atoms with Crippen LogP contribution in [0.2, 0.25) is 0 Å². The first-order chi connectivity index (χ1) is 16.0. The Hall–Kier alpha value is -3.63. The highest BCUT2D eigenvalue weighted by atomic mass is 16.5. The average Bonchev–Trinajstić information content (AvgIpc) is 3.20. The van der Waals surface area contributed by atoms with Gasteiger partial charge in [-0.05, 0) is 5.56 Å². The molecule has 1 unspecified atom stereocenters. The van der Waals surface area contributed by atoms with Crippen LogP contribution in [0.3, 0.4) is 0 Å². The number of nitrogens with one attached hydrogen (secondary N) is 1. The van der Waals surface area contributed by atoms with E-state index in [1.165, 1.54) is 17.3 Å². The SMILES string of the molecule is O=C(NO)c1cnc(N2CCN(CC(/C=C/c3ccccc3)N3C(=O)CCC3=O)CC2)nc1. The van der Waals surface area contributed by atoms with Gasteiger partial charge in [0.05, 0.1) is 11.6 Å². The first-order valence-electron chi connectivity index (χ1n) is 10.9. The van der Waals surface area contributed by atoms with Crippen LogP contribution in [0.4, 0.5) is 5.95 Å². The van der Waals surface area contributed by atoms with E-state index in [2.05, 4.69) is 14.9 Å². The number of hydrogen-bond acceptors (Lipinski definition) is 8. The van der Waals surface area contributed by atoms with Gasteiger partial charge in [0.1, 0.15) is 0 Å². The Morgan fingerprint density at radius 1 is 1.03 bits per heavy atom. The van der Waals surface area contributed by atoms with Crippen LogP contribution >= 0.6 is 0 Å². The minimum absolute atomic E-state index is 0.123. The smallest absolute Gasteiger partial charge is 0.277 e. The minimum atomic E-state index is -0.660. The minimum Gasteiger partial charge on any atom is -0.338 e. The summed E-state index contributed by atoms with van der Waals surface area (Å²) in [6.07, 6.45) is 7.17. The van der Waals surface area contributed by atoms with Crippen LogP contribution in [-0.2, 0) is 9.59 Å². The predicted octanol–water partition coefficient (Wildman–Crippen LogP) is 0.949. The van der Waals surface area contributed by atoms with Gasteiger partial charge in [-0.1, -0.05) is 42.5 Å². The molecule has 10 heteroatoms. The molecular weight excluding hydrogens is 424 g/mol. The summed E-state index contributed by atoms with van der Waals surface area (Å²) >= 11 is 0. The molecule has 0 aliphatic carbocycles. The molecule has 2 saturated heterocycles. The Labute approximate surface area is 191 Å². The summed E-state index contributed by atoms with van der Waals surface area (Å²) in [5, 5.41) is 8.70. The van der Waals surface area contributed by atoms with Gasteiger partial charge in [-0.25, -0.2) is 15.4 Å². The summed E-state index contributed by atoms with van der Waals surface area (Å²) in [6.45, 7) is 3.33. The number of amides is 3. The van der Waals surface area contributed by atoms with Crippen LogP contribution in [0.5, 0.6) is 0 Å². The number of imide groups is 1. The van der Waals surface area contributed by atoms with E-state index < -0.39 is 5.91 Å². The number of carbonyl (C=O) groups excluding carboxylic acids is 3. The zero-order valence-electron chi connectivity index (χ0n) is 18.1. The molecule has 2 aromatic rings. The van der Waals surface area contributed by atoms with Crippen LogP contribution in [-0.4, -0.2) is 81.5 Å². The molecule has 2 fully saturated rings. The van der Waals surface area contributed by atoms with Crippen molar-refractivity contribution in [1.82, 2.24) is 25.2 Å². The molecule has 0 spiro atoms. The third-order valence-electron chi connectivity index (χ3n) is 5.83. The molecule has 3 amide bonds. The van der Waals surface area contributed by atoms with Crippen molar-refractivity contribution in [2.45, 2.75) is 18.9 Å². The Kier molecular flexibility index (Phi) is 7.06. The van der Waals surface area contributed by atoms with Crippen molar-refractivity contribution in [3.05, 3.63) is 59.9 Å². The second kappa shape index (κ2) is 10.3. The fourth-order valence-corrected chi connectivity index (χ4v) is 4.04. The number of nitrogens with zero attached hydrogens (tertiary/aromatic N) is 5. The fraction of sp³-hybridized carbons (Fsp3) is 0.348. The number of anilines is 1. The van der Waals surface area contributed by atoms with Crippen LogP contribution < -0.4 is 10.4 Å². The van der Waals surface area contributed by atoms with Crippen molar-refractivity contribution in [2.75, 3.05) is 37.6 Å². The van der Waals surface area contributed by atoms with Crippen molar-refractivity contribution in [2.24, 2.45) is 0 Å². The lowest BCUT2D eigenvalue weighted by Crippen LogP contribution is -2.52. The van der Waals surface area contributed by atoms with Crippen molar-refractivity contribution in [3.8, 4) is 0 Å². The Bertz CT molecular complexity index is 1000. The second-order valence-corrected chi connectivity index (χ2v) is 7.99. The molecule has 2 N–H and O–H groups in total. The molecule has 2 aliphatic rings. The summed E-state index contributed by atoms with van der Waals surface area (Å²) < 4.78 is 0. The monoisotopic (exact) mass is 450 g/mol. The summed E-state index contributed by atoms with van der Waals surface area (Å²) in [7, 11) is 0. The van der Waals surface area contributed by atoms with Gasteiger partial charge in [-0.2, -0.15) is 0 Å². The van der Waals surface area contributed by atoms with Gasteiger partial charge < -0.3 is 4.90 Å². The van der Waals surface area contributed by atoms with Crippen molar-refractivity contribution in [3.63, 3.8) is 0 Å². The first-order valence-corrected chi connectivity index (χ1v) is 10.9.